The maximum Gasteiger partial charge on any atom is 0.254 e. The molecule has 0 spiro atoms. The number of aromatic nitrogens is 2. The van der Waals surface area contributed by atoms with Crippen LogP contribution in [0.2, 0.25) is 0 Å². The minimum Gasteiger partial charge on any atom is -0.348 e. The summed E-state index contributed by atoms with van der Waals surface area (Å²) in [4.78, 5) is 20.6. The van der Waals surface area contributed by atoms with Gasteiger partial charge in [0.2, 0.25) is 5.95 Å². The largest absolute Gasteiger partial charge is 0.348 e. The molecule has 0 unspecified atom stereocenters. The molecule has 3 rings (SSSR count). The zero-order valence-electron chi connectivity index (χ0n) is 14.6. The van der Waals surface area contributed by atoms with E-state index in [0.717, 1.165) is 16.8 Å². The van der Waals surface area contributed by atoms with Crippen LogP contribution >= 0.6 is 0 Å². The Bertz CT molecular complexity index is 908. The molecule has 0 bridgehead atoms. The Morgan fingerprint density at radius 3 is 2.42 bits per heavy atom. The predicted molar refractivity (Wildman–Crippen MR) is 98.8 cm³/mol. The normalized spacial score (nSPS) is 10.4. The van der Waals surface area contributed by atoms with Gasteiger partial charge in [-0.15, -0.1) is 0 Å². The number of amides is 1. The maximum atomic E-state index is 12.9. The fraction of sp³-hybridized carbons (Fsp3) is 0.150. The SMILES string of the molecule is Cc1cccc(Nc2ncc(C(=O)NCc3ccc(F)cc3)cn2)c1C. The van der Waals surface area contributed by atoms with Gasteiger partial charge >= 0.3 is 0 Å². The van der Waals surface area contributed by atoms with Crippen molar-refractivity contribution in [1.29, 1.82) is 0 Å². The molecule has 2 aromatic carbocycles. The molecule has 0 saturated carbocycles. The summed E-state index contributed by atoms with van der Waals surface area (Å²) in [5.74, 6) is -0.165. The van der Waals surface area contributed by atoms with E-state index in [-0.39, 0.29) is 11.7 Å². The molecular weight excluding hydrogens is 331 g/mol. The Labute approximate surface area is 151 Å². The molecule has 2 N–H and O–H groups in total. The van der Waals surface area contributed by atoms with Gasteiger partial charge in [0.1, 0.15) is 5.82 Å². The van der Waals surface area contributed by atoms with Crippen molar-refractivity contribution in [3.05, 3.63) is 82.9 Å². The smallest absolute Gasteiger partial charge is 0.254 e. The molecule has 6 heteroatoms. The maximum absolute atomic E-state index is 12.9. The second-order valence-corrected chi connectivity index (χ2v) is 5.98. The lowest BCUT2D eigenvalue weighted by Crippen LogP contribution is -2.23. The van der Waals surface area contributed by atoms with Crippen LogP contribution in [0, 0.1) is 19.7 Å². The highest BCUT2D eigenvalue weighted by molar-refractivity contribution is 5.93. The van der Waals surface area contributed by atoms with E-state index in [4.69, 9.17) is 0 Å². The molecular formula is C20H19FN4O. The van der Waals surface area contributed by atoms with Crippen LogP contribution in [0.5, 0.6) is 0 Å². The van der Waals surface area contributed by atoms with Crippen molar-refractivity contribution in [2.75, 3.05) is 5.32 Å². The Kier molecular flexibility index (Phi) is 5.22. The van der Waals surface area contributed by atoms with Gasteiger partial charge in [0.25, 0.3) is 5.91 Å². The van der Waals surface area contributed by atoms with Gasteiger partial charge in [-0.2, -0.15) is 0 Å². The van der Waals surface area contributed by atoms with Crippen LogP contribution in [0.1, 0.15) is 27.0 Å². The zero-order valence-corrected chi connectivity index (χ0v) is 14.6. The first kappa shape index (κ1) is 17.5. The van der Waals surface area contributed by atoms with Gasteiger partial charge in [-0.1, -0.05) is 24.3 Å². The Balaban J connectivity index is 1.62. The quantitative estimate of drug-likeness (QED) is 0.732. The van der Waals surface area contributed by atoms with Crippen LogP contribution in [-0.2, 0) is 6.54 Å². The van der Waals surface area contributed by atoms with Crippen molar-refractivity contribution < 1.29 is 9.18 Å². The van der Waals surface area contributed by atoms with E-state index in [9.17, 15) is 9.18 Å². The summed E-state index contributed by atoms with van der Waals surface area (Å²) in [5.41, 5.74) is 4.40. The number of hydrogen-bond acceptors (Lipinski definition) is 4. The molecule has 0 aliphatic carbocycles. The Hall–Kier alpha value is -3.28. The molecule has 0 fully saturated rings. The summed E-state index contributed by atoms with van der Waals surface area (Å²) in [5, 5.41) is 5.91. The van der Waals surface area contributed by atoms with Crippen molar-refractivity contribution in [2.45, 2.75) is 20.4 Å². The van der Waals surface area contributed by atoms with Crippen molar-refractivity contribution in [3.8, 4) is 0 Å². The van der Waals surface area contributed by atoms with E-state index in [2.05, 4.69) is 20.6 Å². The monoisotopic (exact) mass is 350 g/mol. The fourth-order valence-corrected chi connectivity index (χ4v) is 2.40. The van der Waals surface area contributed by atoms with Gasteiger partial charge in [-0.25, -0.2) is 14.4 Å². The summed E-state index contributed by atoms with van der Waals surface area (Å²) in [6.45, 7) is 4.37. The Morgan fingerprint density at radius 1 is 1.04 bits per heavy atom. The minimum atomic E-state index is -0.305. The van der Waals surface area contributed by atoms with Crippen molar-refractivity contribution in [1.82, 2.24) is 15.3 Å². The number of nitrogens with one attached hydrogen (secondary N) is 2. The number of halogens is 1. The molecule has 1 heterocycles. The van der Waals surface area contributed by atoms with Crippen LogP contribution in [0.3, 0.4) is 0 Å². The molecule has 0 atom stereocenters. The number of hydrogen-bond donors (Lipinski definition) is 2. The average Bonchev–Trinajstić information content (AvgIpc) is 2.65. The number of anilines is 2. The van der Waals surface area contributed by atoms with Crippen LogP contribution in [0.25, 0.3) is 0 Å². The lowest BCUT2D eigenvalue weighted by Gasteiger charge is -2.10. The standard InChI is InChI=1S/C20H19FN4O/c1-13-4-3-5-18(14(13)2)25-20-23-11-16(12-24-20)19(26)22-10-15-6-8-17(21)9-7-15/h3-9,11-12H,10H2,1-2H3,(H,22,26)(H,23,24,25). The first-order valence-electron chi connectivity index (χ1n) is 8.21. The molecule has 0 aliphatic rings. The number of carbonyl (C=O) groups is 1. The number of aryl methyl sites for hydroxylation is 1. The van der Waals surface area contributed by atoms with E-state index >= 15 is 0 Å². The first-order chi connectivity index (χ1) is 12.5. The minimum absolute atomic E-state index is 0.285. The second kappa shape index (κ2) is 7.74. The highest BCUT2D eigenvalue weighted by Crippen LogP contribution is 2.20. The topological polar surface area (TPSA) is 66.9 Å². The summed E-state index contributed by atoms with van der Waals surface area (Å²) < 4.78 is 12.9. The molecule has 26 heavy (non-hydrogen) atoms. The van der Waals surface area contributed by atoms with Gasteiger partial charge in [0.05, 0.1) is 5.56 Å². The molecule has 3 aromatic rings. The number of carbonyl (C=O) groups excluding carboxylic acids is 1. The third-order valence-corrected chi connectivity index (χ3v) is 4.13. The lowest BCUT2D eigenvalue weighted by molar-refractivity contribution is 0.0950. The van der Waals surface area contributed by atoms with Crippen molar-refractivity contribution >= 4 is 17.5 Å². The van der Waals surface area contributed by atoms with Crippen LogP contribution in [-0.4, -0.2) is 15.9 Å². The molecule has 0 radical (unpaired) electrons. The van der Waals surface area contributed by atoms with Gasteiger partial charge < -0.3 is 10.6 Å². The van der Waals surface area contributed by atoms with Crippen LogP contribution in [0.15, 0.2) is 54.9 Å². The van der Waals surface area contributed by atoms with E-state index in [1.165, 1.54) is 30.1 Å². The van der Waals surface area contributed by atoms with Crippen LogP contribution < -0.4 is 10.6 Å². The fourth-order valence-electron chi connectivity index (χ4n) is 2.40. The summed E-state index contributed by atoms with van der Waals surface area (Å²) >= 11 is 0. The van der Waals surface area contributed by atoms with Crippen molar-refractivity contribution in [3.63, 3.8) is 0 Å². The van der Waals surface area contributed by atoms with E-state index in [1.807, 2.05) is 32.0 Å². The lowest BCUT2D eigenvalue weighted by atomic mass is 10.1. The summed E-state index contributed by atoms with van der Waals surface area (Å²) in [6, 6.07) is 11.9. The first-order valence-corrected chi connectivity index (χ1v) is 8.21. The highest BCUT2D eigenvalue weighted by Gasteiger charge is 2.08. The molecule has 0 aliphatic heterocycles. The molecule has 1 aromatic heterocycles. The summed E-state index contributed by atoms with van der Waals surface area (Å²) in [7, 11) is 0. The third-order valence-electron chi connectivity index (χ3n) is 4.13. The Morgan fingerprint density at radius 2 is 1.73 bits per heavy atom. The van der Waals surface area contributed by atoms with Gasteiger partial charge in [-0.3, -0.25) is 4.79 Å². The number of benzene rings is 2. The van der Waals surface area contributed by atoms with E-state index < -0.39 is 0 Å². The second-order valence-electron chi connectivity index (χ2n) is 5.98. The number of rotatable bonds is 5. The highest BCUT2D eigenvalue weighted by atomic mass is 19.1. The van der Waals surface area contributed by atoms with Crippen molar-refractivity contribution in [2.24, 2.45) is 0 Å². The zero-order chi connectivity index (χ0) is 18.5. The molecule has 5 nitrogen and oxygen atoms in total. The van der Waals surface area contributed by atoms with E-state index in [1.54, 1.807) is 12.1 Å². The molecule has 132 valence electrons. The van der Waals surface area contributed by atoms with Gasteiger partial charge in [0, 0.05) is 24.6 Å². The van der Waals surface area contributed by atoms with Gasteiger partial charge in [-0.05, 0) is 48.7 Å². The van der Waals surface area contributed by atoms with Gasteiger partial charge in [0.15, 0.2) is 0 Å². The average molecular weight is 350 g/mol. The number of nitrogens with zero attached hydrogens (tertiary/aromatic N) is 2. The van der Waals surface area contributed by atoms with Crippen LogP contribution in [0.4, 0.5) is 16.0 Å². The molecule has 0 saturated heterocycles. The predicted octanol–water partition coefficient (Wildman–Crippen LogP) is 3.91. The molecule has 1 amide bonds. The summed E-state index contributed by atoms with van der Waals surface area (Å²) in [6.07, 6.45) is 2.95. The third kappa shape index (κ3) is 4.22. The van der Waals surface area contributed by atoms with E-state index in [0.29, 0.717) is 18.1 Å².